The highest BCUT2D eigenvalue weighted by molar-refractivity contribution is 5.94. The van der Waals surface area contributed by atoms with Crippen molar-refractivity contribution >= 4 is 11.9 Å². The fourth-order valence-electron chi connectivity index (χ4n) is 3.84. The number of ether oxygens (including phenoxy) is 2. The molecule has 1 saturated heterocycles. The van der Waals surface area contributed by atoms with E-state index in [0.29, 0.717) is 12.2 Å². The molecule has 30 heavy (non-hydrogen) atoms. The van der Waals surface area contributed by atoms with Gasteiger partial charge in [-0.2, -0.15) is 0 Å². The molecule has 1 unspecified atom stereocenters. The van der Waals surface area contributed by atoms with Gasteiger partial charge >= 0.3 is 5.97 Å². The molecule has 1 amide bonds. The minimum Gasteiger partial charge on any atom is -0.467 e. The molecule has 152 valence electrons. The van der Waals surface area contributed by atoms with Gasteiger partial charge in [0.2, 0.25) is 0 Å². The molecular weight excluding hydrogens is 378 g/mol. The quantitative estimate of drug-likeness (QED) is 0.442. The van der Waals surface area contributed by atoms with Crippen molar-refractivity contribution in [1.82, 2.24) is 4.90 Å². The summed E-state index contributed by atoms with van der Waals surface area (Å²) in [6.07, 6.45) is -0.663. The van der Waals surface area contributed by atoms with Crippen molar-refractivity contribution in [2.24, 2.45) is 0 Å². The zero-order valence-electron chi connectivity index (χ0n) is 16.7. The Morgan fingerprint density at radius 3 is 2.07 bits per heavy atom. The van der Waals surface area contributed by atoms with Gasteiger partial charge in [0, 0.05) is 0 Å². The maximum absolute atomic E-state index is 13.2. The van der Waals surface area contributed by atoms with E-state index in [1.807, 2.05) is 91.0 Å². The third-order valence-electron chi connectivity index (χ3n) is 5.32. The molecule has 4 rings (SSSR count). The second kappa shape index (κ2) is 8.93. The molecule has 1 heterocycles. The molecule has 0 radical (unpaired) electrons. The molecule has 3 atom stereocenters. The number of benzene rings is 3. The van der Waals surface area contributed by atoms with Crippen molar-refractivity contribution in [2.45, 2.75) is 24.8 Å². The molecule has 0 N–H and O–H groups in total. The van der Waals surface area contributed by atoms with Crippen molar-refractivity contribution in [3.8, 4) is 0 Å². The van der Waals surface area contributed by atoms with Gasteiger partial charge in [0.1, 0.15) is 0 Å². The highest BCUT2D eigenvalue weighted by atomic mass is 16.5. The summed E-state index contributed by atoms with van der Waals surface area (Å²) in [6.45, 7) is 0.322. The van der Waals surface area contributed by atoms with Crippen LogP contribution in [0.25, 0.3) is 0 Å². The number of carbonyl (C=O) groups excluding carboxylic acids is 2. The smallest absolute Gasteiger partial charge is 0.333 e. The van der Waals surface area contributed by atoms with E-state index in [4.69, 9.17) is 9.47 Å². The van der Waals surface area contributed by atoms with Crippen LogP contribution in [0.1, 0.15) is 28.8 Å². The van der Waals surface area contributed by atoms with Gasteiger partial charge in [-0.3, -0.25) is 4.79 Å². The third-order valence-corrected chi connectivity index (χ3v) is 5.32. The number of carbonyl (C=O) groups is 2. The summed E-state index contributed by atoms with van der Waals surface area (Å²) in [5.74, 6) is -0.698. The normalized spacial score (nSPS) is 19.1. The standard InChI is InChI=1S/C25H23NO4/c1-29-25(28)22(20-15-9-4-10-16-20)26-21(19-13-7-3-8-14-19)23(24(26)27)30-17-18-11-5-2-6-12-18/h2-16,21-23H,17H2,1H3/t21-,22?,23+/m1/s1. The highest BCUT2D eigenvalue weighted by Crippen LogP contribution is 2.44. The SMILES string of the molecule is COC(=O)C(c1ccccc1)N1C(=O)[C@@H](OCc2ccccc2)[C@H]1c1ccccc1. The molecule has 3 aromatic carbocycles. The topological polar surface area (TPSA) is 55.8 Å². The monoisotopic (exact) mass is 401 g/mol. The molecule has 1 fully saturated rings. The minimum atomic E-state index is -0.828. The van der Waals surface area contributed by atoms with Gasteiger partial charge in [-0.1, -0.05) is 91.0 Å². The Bertz CT molecular complexity index is 991. The highest BCUT2D eigenvalue weighted by Gasteiger charge is 2.54. The van der Waals surface area contributed by atoms with Crippen LogP contribution >= 0.6 is 0 Å². The van der Waals surface area contributed by atoms with Gasteiger partial charge in [-0.15, -0.1) is 0 Å². The number of nitrogens with zero attached hydrogens (tertiary/aromatic N) is 1. The molecule has 0 aromatic heterocycles. The number of amides is 1. The molecular formula is C25H23NO4. The number of methoxy groups -OCH3 is 1. The van der Waals surface area contributed by atoms with Crippen molar-refractivity contribution in [3.63, 3.8) is 0 Å². The van der Waals surface area contributed by atoms with Crippen LogP contribution in [-0.4, -0.2) is 30.0 Å². The fraction of sp³-hybridized carbons (Fsp3) is 0.200. The predicted molar refractivity (Wildman–Crippen MR) is 112 cm³/mol. The van der Waals surface area contributed by atoms with Gasteiger partial charge in [0.05, 0.1) is 19.8 Å². The Labute approximate surface area is 175 Å². The van der Waals surface area contributed by atoms with Crippen LogP contribution in [0.4, 0.5) is 0 Å². The summed E-state index contributed by atoms with van der Waals surface area (Å²) in [6, 6.07) is 27.4. The zero-order chi connectivity index (χ0) is 20.9. The molecule has 0 bridgehead atoms. The Kier molecular flexibility index (Phi) is 5.91. The maximum atomic E-state index is 13.2. The largest absolute Gasteiger partial charge is 0.467 e. The first-order chi connectivity index (χ1) is 14.7. The van der Waals surface area contributed by atoms with E-state index in [-0.39, 0.29) is 11.9 Å². The van der Waals surface area contributed by atoms with Gasteiger partial charge in [0.25, 0.3) is 5.91 Å². The van der Waals surface area contributed by atoms with E-state index in [1.165, 1.54) is 7.11 Å². The molecule has 1 aliphatic heterocycles. The first-order valence-corrected chi connectivity index (χ1v) is 9.86. The van der Waals surface area contributed by atoms with E-state index < -0.39 is 18.1 Å². The van der Waals surface area contributed by atoms with Crippen LogP contribution in [0, 0.1) is 0 Å². The number of rotatable bonds is 7. The number of β-lactam (4-membered cyclic amide) rings is 1. The Morgan fingerprint density at radius 1 is 0.900 bits per heavy atom. The lowest BCUT2D eigenvalue weighted by molar-refractivity contribution is -0.189. The van der Waals surface area contributed by atoms with Crippen LogP contribution < -0.4 is 0 Å². The fourth-order valence-corrected chi connectivity index (χ4v) is 3.84. The lowest BCUT2D eigenvalue weighted by Gasteiger charge is -2.49. The van der Waals surface area contributed by atoms with Crippen LogP contribution in [0.2, 0.25) is 0 Å². The van der Waals surface area contributed by atoms with Gasteiger partial charge < -0.3 is 14.4 Å². The average Bonchev–Trinajstić information content (AvgIpc) is 2.81. The first kappa shape index (κ1) is 19.9. The average molecular weight is 401 g/mol. The van der Waals surface area contributed by atoms with Gasteiger partial charge in [0.15, 0.2) is 12.1 Å². The molecule has 0 spiro atoms. The zero-order valence-corrected chi connectivity index (χ0v) is 16.7. The summed E-state index contributed by atoms with van der Waals surface area (Å²) in [7, 11) is 1.34. The van der Waals surface area contributed by atoms with Gasteiger partial charge in [-0.05, 0) is 16.7 Å². The van der Waals surface area contributed by atoms with Gasteiger partial charge in [-0.25, -0.2) is 4.79 Å². The third kappa shape index (κ3) is 3.84. The summed E-state index contributed by atoms with van der Waals surface area (Å²) in [5.41, 5.74) is 2.61. The number of hydrogen-bond acceptors (Lipinski definition) is 4. The maximum Gasteiger partial charge on any atom is 0.333 e. The van der Waals surface area contributed by atoms with Crippen molar-refractivity contribution < 1.29 is 19.1 Å². The summed E-state index contributed by atoms with van der Waals surface area (Å²) in [4.78, 5) is 27.5. The van der Waals surface area contributed by atoms with E-state index in [0.717, 1.165) is 11.1 Å². The van der Waals surface area contributed by atoms with E-state index in [2.05, 4.69) is 0 Å². The predicted octanol–water partition coefficient (Wildman–Crippen LogP) is 4.07. The second-order valence-corrected chi connectivity index (χ2v) is 7.15. The lowest BCUT2D eigenvalue weighted by atomic mass is 9.86. The number of esters is 1. The second-order valence-electron chi connectivity index (χ2n) is 7.15. The molecule has 5 heteroatoms. The molecule has 5 nitrogen and oxygen atoms in total. The molecule has 3 aromatic rings. The number of hydrogen-bond donors (Lipinski definition) is 0. The van der Waals surface area contributed by atoms with Crippen LogP contribution in [-0.2, 0) is 25.7 Å². The van der Waals surface area contributed by atoms with Crippen LogP contribution in [0.3, 0.4) is 0 Å². The van der Waals surface area contributed by atoms with Crippen molar-refractivity contribution in [1.29, 1.82) is 0 Å². The Balaban J connectivity index is 1.66. The van der Waals surface area contributed by atoms with Crippen LogP contribution in [0.15, 0.2) is 91.0 Å². The molecule has 0 aliphatic carbocycles. The van der Waals surface area contributed by atoms with Crippen molar-refractivity contribution in [3.05, 3.63) is 108 Å². The Hall–Kier alpha value is -3.44. The summed E-state index contributed by atoms with van der Waals surface area (Å²) < 4.78 is 11.1. The Morgan fingerprint density at radius 2 is 1.47 bits per heavy atom. The van der Waals surface area contributed by atoms with E-state index in [9.17, 15) is 9.59 Å². The number of likely N-dealkylation sites (tertiary alicyclic amines) is 1. The molecule has 1 aliphatic rings. The van der Waals surface area contributed by atoms with E-state index >= 15 is 0 Å². The first-order valence-electron chi connectivity index (χ1n) is 9.86. The summed E-state index contributed by atoms with van der Waals surface area (Å²) in [5, 5.41) is 0. The summed E-state index contributed by atoms with van der Waals surface area (Å²) >= 11 is 0. The molecule has 0 saturated carbocycles. The van der Waals surface area contributed by atoms with Crippen LogP contribution in [0.5, 0.6) is 0 Å². The van der Waals surface area contributed by atoms with E-state index in [1.54, 1.807) is 4.90 Å². The lowest BCUT2D eigenvalue weighted by Crippen LogP contribution is -2.62. The minimum absolute atomic E-state index is 0.223. The van der Waals surface area contributed by atoms with Crippen molar-refractivity contribution in [2.75, 3.05) is 7.11 Å².